The fourth-order valence-electron chi connectivity index (χ4n) is 1.20. The second-order valence-corrected chi connectivity index (χ2v) is 3.62. The Balaban J connectivity index is 3.43. The van der Waals surface area contributed by atoms with Gasteiger partial charge in [-0.25, -0.2) is 13.8 Å². The largest absolute Gasteiger partial charge is 0.481 e. The Morgan fingerprint density at radius 2 is 2.00 bits per heavy atom. The number of rotatable bonds is 3. The van der Waals surface area contributed by atoms with Crippen LogP contribution < -0.4 is 0 Å². The average molecular weight is 290 g/mol. The smallest absolute Gasteiger partial charge is 0.434 e. The van der Waals surface area contributed by atoms with Crippen LogP contribution in [0.25, 0.3) is 0 Å². The summed E-state index contributed by atoms with van der Waals surface area (Å²) >= 11 is 5.32. The van der Waals surface area contributed by atoms with Crippen LogP contribution in [0, 0.1) is 0 Å². The van der Waals surface area contributed by atoms with E-state index in [2.05, 4.69) is 4.98 Å². The molecule has 18 heavy (non-hydrogen) atoms. The lowest BCUT2D eigenvalue weighted by atomic mass is 10.1. The molecule has 1 heterocycles. The van der Waals surface area contributed by atoms with E-state index in [9.17, 15) is 26.7 Å². The van der Waals surface area contributed by atoms with Gasteiger partial charge in [0.1, 0.15) is 5.69 Å². The van der Waals surface area contributed by atoms with E-state index in [-0.39, 0.29) is 0 Å². The SMILES string of the molecule is O=C(O)Cc1cc(C(F)F)nc(C(F)(F)F)c1Cl. The van der Waals surface area contributed by atoms with Crippen molar-refractivity contribution in [3.8, 4) is 0 Å². The summed E-state index contributed by atoms with van der Waals surface area (Å²) in [6, 6.07) is 0.552. The quantitative estimate of drug-likeness (QED) is 0.869. The number of halogens is 6. The summed E-state index contributed by atoms with van der Waals surface area (Å²) in [6.45, 7) is 0. The molecule has 0 aromatic carbocycles. The van der Waals surface area contributed by atoms with Crippen molar-refractivity contribution in [2.45, 2.75) is 19.0 Å². The predicted molar refractivity (Wildman–Crippen MR) is 50.5 cm³/mol. The number of pyridine rings is 1. The van der Waals surface area contributed by atoms with Crippen LogP contribution in [0.15, 0.2) is 6.07 Å². The molecule has 3 nitrogen and oxygen atoms in total. The molecule has 0 atom stereocenters. The fourth-order valence-corrected chi connectivity index (χ4v) is 1.47. The molecular weight excluding hydrogens is 285 g/mol. The summed E-state index contributed by atoms with van der Waals surface area (Å²) in [5.74, 6) is -1.49. The van der Waals surface area contributed by atoms with E-state index in [1.165, 1.54) is 0 Å². The van der Waals surface area contributed by atoms with E-state index < -0.39 is 47.0 Å². The van der Waals surface area contributed by atoms with Gasteiger partial charge in [-0.05, 0) is 11.6 Å². The first-order valence-corrected chi connectivity index (χ1v) is 4.77. The average Bonchev–Trinajstić information content (AvgIpc) is 2.18. The highest BCUT2D eigenvalue weighted by atomic mass is 35.5. The van der Waals surface area contributed by atoms with Gasteiger partial charge in [0.15, 0.2) is 5.69 Å². The van der Waals surface area contributed by atoms with Gasteiger partial charge in [-0.2, -0.15) is 13.2 Å². The Kier molecular flexibility index (Phi) is 4.10. The minimum atomic E-state index is -5.03. The normalized spacial score (nSPS) is 11.9. The molecule has 1 rings (SSSR count). The number of nitrogens with zero attached hydrogens (tertiary/aromatic N) is 1. The van der Waals surface area contributed by atoms with Crippen LogP contribution in [0.2, 0.25) is 5.02 Å². The third-order valence-corrected chi connectivity index (χ3v) is 2.31. The van der Waals surface area contributed by atoms with E-state index in [1.807, 2.05) is 0 Å². The maximum Gasteiger partial charge on any atom is 0.434 e. The Morgan fingerprint density at radius 3 is 2.39 bits per heavy atom. The Bertz CT molecular complexity index is 475. The number of carboxylic acid groups (broad SMARTS) is 1. The molecule has 0 amide bonds. The van der Waals surface area contributed by atoms with Gasteiger partial charge in [0.05, 0.1) is 11.4 Å². The van der Waals surface area contributed by atoms with Gasteiger partial charge in [-0.1, -0.05) is 11.6 Å². The lowest BCUT2D eigenvalue weighted by Gasteiger charge is -2.13. The molecule has 1 aromatic heterocycles. The van der Waals surface area contributed by atoms with E-state index >= 15 is 0 Å². The zero-order valence-corrected chi connectivity index (χ0v) is 9.19. The van der Waals surface area contributed by atoms with Crippen molar-refractivity contribution >= 4 is 17.6 Å². The standard InChI is InChI=1S/C9H5ClF5NO2/c10-6-3(2-5(17)18)1-4(8(11)12)16-7(6)9(13,14)15/h1,8H,2H2,(H,17,18). The highest BCUT2D eigenvalue weighted by Gasteiger charge is 2.37. The summed E-state index contributed by atoms with van der Waals surface area (Å²) in [7, 11) is 0. The molecule has 0 unspecified atom stereocenters. The number of hydrogen-bond acceptors (Lipinski definition) is 2. The molecule has 9 heteroatoms. The zero-order chi connectivity index (χ0) is 14.1. The number of aromatic nitrogens is 1. The van der Waals surface area contributed by atoms with Crippen molar-refractivity contribution in [3.05, 3.63) is 28.0 Å². The van der Waals surface area contributed by atoms with Crippen molar-refractivity contribution < 1.29 is 31.9 Å². The number of aliphatic carboxylic acids is 1. The topological polar surface area (TPSA) is 50.2 Å². The predicted octanol–water partition coefficient (Wildman–Crippen LogP) is 3.32. The van der Waals surface area contributed by atoms with Crippen molar-refractivity contribution in [1.29, 1.82) is 0 Å². The first-order valence-electron chi connectivity index (χ1n) is 4.39. The van der Waals surface area contributed by atoms with Crippen molar-refractivity contribution in [1.82, 2.24) is 4.98 Å². The molecule has 0 radical (unpaired) electrons. The van der Waals surface area contributed by atoms with Crippen LogP contribution in [0.5, 0.6) is 0 Å². The second kappa shape index (κ2) is 5.05. The van der Waals surface area contributed by atoms with E-state index in [0.29, 0.717) is 6.07 Å². The molecule has 0 saturated heterocycles. The maximum absolute atomic E-state index is 12.5. The minimum absolute atomic E-state index is 0.552. The van der Waals surface area contributed by atoms with Crippen molar-refractivity contribution in [2.75, 3.05) is 0 Å². The number of carbonyl (C=O) groups is 1. The summed E-state index contributed by atoms with van der Waals surface area (Å²) in [5.41, 5.74) is -3.43. The molecule has 0 bridgehead atoms. The third-order valence-electron chi connectivity index (χ3n) is 1.89. The van der Waals surface area contributed by atoms with Crippen LogP contribution in [-0.4, -0.2) is 16.1 Å². The molecule has 1 N–H and O–H groups in total. The number of hydrogen-bond donors (Lipinski definition) is 1. The summed E-state index contributed by atoms with van der Waals surface area (Å²) in [4.78, 5) is 13.1. The Morgan fingerprint density at radius 1 is 1.44 bits per heavy atom. The van der Waals surface area contributed by atoms with Crippen molar-refractivity contribution in [2.24, 2.45) is 0 Å². The molecule has 0 spiro atoms. The van der Waals surface area contributed by atoms with E-state index in [4.69, 9.17) is 16.7 Å². The van der Waals surface area contributed by atoms with Crippen LogP contribution in [0.3, 0.4) is 0 Å². The van der Waals surface area contributed by atoms with Crippen LogP contribution in [0.4, 0.5) is 22.0 Å². The van der Waals surface area contributed by atoms with Gasteiger partial charge in [-0.15, -0.1) is 0 Å². The van der Waals surface area contributed by atoms with Crippen molar-refractivity contribution in [3.63, 3.8) is 0 Å². The molecule has 0 saturated carbocycles. The first-order chi connectivity index (χ1) is 8.12. The van der Waals surface area contributed by atoms with Gasteiger partial charge >= 0.3 is 12.1 Å². The molecular formula is C9H5ClF5NO2. The van der Waals surface area contributed by atoms with Gasteiger partial charge in [0.25, 0.3) is 6.43 Å². The van der Waals surface area contributed by atoms with E-state index in [1.54, 1.807) is 0 Å². The summed E-state index contributed by atoms with van der Waals surface area (Å²) < 4.78 is 62.1. The fraction of sp³-hybridized carbons (Fsp3) is 0.333. The molecule has 100 valence electrons. The zero-order valence-electron chi connectivity index (χ0n) is 8.43. The van der Waals surface area contributed by atoms with Gasteiger partial charge in [0, 0.05) is 0 Å². The van der Waals surface area contributed by atoms with Crippen LogP contribution in [-0.2, 0) is 17.4 Å². The lowest BCUT2D eigenvalue weighted by molar-refractivity contribution is -0.142. The Labute approximate surface area is 102 Å². The maximum atomic E-state index is 12.5. The molecule has 1 aromatic rings. The number of carboxylic acids is 1. The summed E-state index contributed by atoms with van der Waals surface area (Å²) in [5, 5.41) is 7.49. The van der Waals surface area contributed by atoms with Gasteiger partial charge in [0.2, 0.25) is 0 Å². The molecule has 0 fully saturated rings. The molecule has 0 aliphatic carbocycles. The second-order valence-electron chi connectivity index (χ2n) is 3.24. The highest BCUT2D eigenvalue weighted by Crippen LogP contribution is 2.36. The summed E-state index contributed by atoms with van der Waals surface area (Å²) in [6.07, 6.45) is -9.18. The molecule has 0 aliphatic rings. The first kappa shape index (κ1) is 14.6. The van der Waals surface area contributed by atoms with Gasteiger partial charge < -0.3 is 5.11 Å². The third kappa shape index (κ3) is 3.28. The Hall–Kier alpha value is -1.44. The highest BCUT2D eigenvalue weighted by molar-refractivity contribution is 6.32. The van der Waals surface area contributed by atoms with Crippen LogP contribution >= 0.6 is 11.6 Å². The lowest BCUT2D eigenvalue weighted by Crippen LogP contribution is -2.14. The van der Waals surface area contributed by atoms with Crippen LogP contribution in [0.1, 0.15) is 23.4 Å². The minimum Gasteiger partial charge on any atom is -0.481 e. The number of alkyl halides is 5. The van der Waals surface area contributed by atoms with Gasteiger partial charge in [-0.3, -0.25) is 4.79 Å². The monoisotopic (exact) mass is 289 g/mol. The molecule has 0 aliphatic heterocycles. The van der Waals surface area contributed by atoms with E-state index in [0.717, 1.165) is 0 Å².